The zero-order valence-electron chi connectivity index (χ0n) is 8.19. The summed E-state index contributed by atoms with van der Waals surface area (Å²) in [5, 5.41) is 0.607. The maximum absolute atomic E-state index is 11.5. The summed E-state index contributed by atoms with van der Waals surface area (Å²) >= 11 is 0. The summed E-state index contributed by atoms with van der Waals surface area (Å²) in [5.41, 5.74) is 0.602. The van der Waals surface area contributed by atoms with Gasteiger partial charge >= 0.3 is 0 Å². The molecule has 1 N–H and O–H groups in total. The molecule has 0 saturated carbocycles. The minimum Gasteiger partial charge on any atom is -0.283 e. The maximum atomic E-state index is 11.5. The standard InChI is InChI=1S/C9H14NO2PS/c1-7(2)14(11,12)10-8-3-5-9(13)6-4-8/h3-7,10H,13H2,1-2H3. The van der Waals surface area contributed by atoms with Crippen LogP contribution in [0.15, 0.2) is 24.3 Å². The van der Waals surface area contributed by atoms with Crippen molar-refractivity contribution in [2.75, 3.05) is 4.72 Å². The summed E-state index contributed by atoms with van der Waals surface area (Å²) in [4.78, 5) is 0. The van der Waals surface area contributed by atoms with E-state index >= 15 is 0 Å². The first-order valence-electron chi connectivity index (χ1n) is 4.29. The number of benzene rings is 1. The average molecular weight is 231 g/mol. The highest BCUT2D eigenvalue weighted by Gasteiger charge is 2.14. The van der Waals surface area contributed by atoms with Crippen LogP contribution in [0.2, 0.25) is 0 Å². The van der Waals surface area contributed by atoms with Gasteiger partial charge in [0.1, 0.15) is 0 Å². The lowest BCUT2D eigenvalue weighted by molar-refractivity contribution is 0.593. The monoisotopic (exact) mass is 231 g/mol. The van der Waals surface area contributed by atoms with Crippen LogP contribution in [-0.2, 0) is 10.0 Å². The average Bonchev–Trinajstić information content (AvgIpc) is 2.08. The highest BCUT2D eigenvalue weighted by Crippen LogP contribution is 2.10. The van der Waals surface area contributed by atoms with Crippen LogP contribution in [0.3, 0.4) is 0 Å². The molecule has 1 aromatic carbocycles. The number of hydrogen-bond donors (Lipinski definition) is 1. The van der Waals surface area contributed by atoms with E-state index in [2.05, 4.69) is 14.0 Å². The first kappa shape index (κ1) is 11.5. The van der Waals surface area contributed by atoms with E-state index in [4.69, 9.17) is 0 Å². The number of nitrogens with one attached hydrogen (secondary N) is 1. The summed E-state index contributed by atoms with van der Waals surface area (Å²) in [7, 11) is -0.676. The van der Waals surface area contributed by atoms with E-state index in [1.165, 1.54) is 0 Å². The zero-order chi connectivity index (χ0) is 10.8. The molecule has 1 rings (SSSR count). The van der Waals surface area contributed by atoms with Crippen molar-refractivity contribution in [1.82, 2.24) is 0 Å². The Hall–Kier alpha value is -0.600. The predicted molar refractivity (Wildman–Crippen MR) is 63.5 cm³/mol. The second-order valence-electron chi connectivity index (χ2n) is 3.32. The molecule has 0 aliphatic carbocycles. The van der Waals surface area contributed by atoms with E-state index in [1.807, 2.05) is 12.1 Å². The van der Waals surface area contributed by atoms with Gasteiger partial charge in [-0.3, -0.25) is 4.72 Å². The quantitative estimate of drug-likeness (QED) is 0.798. The Morgan fingerprint density at radius 2 is 1.71 bits per heavy atom. The number of anilines is 1. The van der Waals surface area contributed by atoms with Crippen molar-refractivity contribution in [3.05, 3.63) is 24.3 Å². The third kappa shape index (κ3) is 2.96. The van der Waals surface area contributed by atoms with Crippen molar-refractivity contribution in [2.24, 2.45) is 0 Å². The van der Waals surface area contributed by atoms with Crippen LogP contribution in [0, 0.1) is 0 Å². The Morgan fingerprint density at radius 1 is 1.21 bits per heavy atom. The molecule has 1 atom stereocenters. The van der Waals surface area contributed by atoms with Gasteiger partial charge in [-0.1, -0.05) is 12.1 Å². The van der Waals surface area contributed by atoms with Gasteiger partial charge in [0.15, 0.2) is 0 Å². The molecule has 5 heteroatoms. The van der Waals surface area contributed by atoms with Crippen LogP contribution >= 0.6 is 9.24 Å². The summed E-state index contributed by atoms with van der Waals surface area (Å²) in [6, 6.07) is 7.15. The molecule has 0 radical (unpaired) electrons. The molecule has 0 fully saturated rings. The molecular formula is C9H14NO2PS. The van der Waals surface area contributed by atoms with Gasteiger partial charge in [-0.25, -0.2) is 8.42 Å². The molecule has 0 bridgehead atoms. The fourth-order valence-electron chi connectivity index (χ4n) is 0.833. The second-order valence-corrected chi connectivity index (χ2v) is 6.22. The largest absolute Gasteiger partial charge is 0.283 e. The van der Waals surface area contributed by atoms with E-state index in [0.717, 1.165) is 5.30 Å². The molecule has 14 heavy (non-hydrogen) atoms. The van der Waals surface area contributed by atoms with Gasteiger partial charge < -0.3 is 0 Å². The van der Waals surface area contributed by atoms with Gasteiger partial charge in [-0.05, 0) is 31.3 Å². The Labute approximate surface area is 87.2 Å². The van der Waals surface area contributed by atoms with Crippen LogP contribution in [-0.4, -0.2) is 13.7 Å². The lowest BCUT2D eigenvalue weighted by Gasteiger charge is -2.10. The molecule has 0 heterocycles. The third-order valence-electron chi connectivity index (χ3n) is 1.79. The van der Waals surface area contributed by atoms with E-state index in [1.54, 1.807) is 26.0 Å². The highest BCUT2D eigenvalue weighted by atomic mass is 32.2. The topological polar surface area (TPSA) is 46.2 Å². The van der Waals surface area contributed by atoms with Crippen molar-refractivity contribution in [3.8, 4) is 0 Å². The van der Waals surface area contributed by atoms with Crippen molar-refractivity contribution < 1.29 is 8.42 Å². The SMILES string of the molecule is CC(C)S(=O)(=O)Nc1ccc(P)cc1. The number of hydrogen-bond acceptors (Lipinski definition) is 2. The fourth-order valence-corrected chi connectivity index (χ4v) is 1.73. The summed E-state index contributed by atoms with van der Waals surface area (Å²) < 4.78 is 25.4. The lowest BCUT2D eigenvalue weighted by Crippen LogP contribution is -2.22. The Balaban J connectivity index is 2.85. The molecule has 3 nitrogen and oxygen atoms in total. The Bertz CT molecular complexity index is 397. The van der Waals surface area contributed by atoms with Gasteiger partial charge in [-0.2, -0.15) is 0 Å². The van der Waals surface area contributed by atoms with Gasteiger partial charge in [0.05, 0.1) is 5.25 Å². The van der Waals surface area contributed by atoms with Crippen molar-refractivity contribution in [1.29, 1.82) is 0 Å². The Morgan fingerprint density at radius 3 is 2.14 bits per heavy atom. The third-order valence-corrected chi connectivity index (χ3v) is 3.94. The first-order valence-corrected chi connectivity index (χ1v) is 6.41. The molecule has 0 amide bonds. The van der Waals surface area contributed by atoms with Gasteiger partial charge in [0.25, 0.3) is 0 Å². The van der Waals surface area contributed by atoms with Gasteiger partial charge in [0.2, 0.25) is 10.0 Å². The van der Waals surface area contributed by atoms with E-state index < -0.39 is 15.3 Å². The molecule has 0 spiro atoms. The summed E-state index contributed by atoms with van der Waals surface area (Å²) in [6.45, 7) is 3.29. The van der Waals surface area contributed by atoms with E-state index in [9.17, 15) is 8.42 Å². The fraction of sp³-hybridized carbons (Fsp3) is 0.333. The summed E-state index contributed by atoms with van der Waals surface area (Å²) in [5.74, 6) is 0. The maximum Gasteiger partial charge on any atom is 0.235 e. The van der Waals surface area contributed by atoms with E-state index in [0.29, 0.717) is 5.69 Å². The highest BCUT2D eigenvalue weighted by molar-refractivity contribution is 7.93. The summed E-state index contributed by atoms with van der Waals surface area (Å²) in [6.07, 6.45) is 0. The zero-order valence-corrected chi connectivity index (χ0v) is 10.2. The minimum absolute atomic E-state index is 0.418. The number of sulfonamides is 1. The van der Waals surface area contributed by atoms with Crippen LogP contribution in [0.5, 0.6) is 0 Å². The Kier molecular flexibility index (Phi) is 3.51. The molecule has 0 saturated heterocycles. The second kappa shape index (κ2) is 4.28. The van der Waals surface area contributed by atoms with Crippen LogP contribution in [0.1, 0.15) is 13.8 Å². The molecule has 1 aromatic rings. The van der Waals surface area contributed by atoms with Crippen molar-refractivity contribution >= 4 is 30.3 Å². The minimum atomic E-state index is -3.22. The molecule has 0 aliphatic rings. The van der Waals surface area contributed by atoms with Crippen LogP contribution in [0.4, 0.5) is 5.69 Å². The molecule has 78 valence electrons. The first-order chi connectivity index (χ1) is 6.42. The molecule has 0 aliphatic heterocycles. The lowest BCUT2D eigenvalue weighted by atomic mass is 10.3. The van der Waals surface area contributed by atoms with Gasteiger partial charge in [0, 0.05) is 5.69 Å². The van der Waals surface area contributed by atoms with Crippen molar-refractivity contribution in [3.63, 3.8) is 0 Å². The smallest absolute Gasteiger partial charge is 0.235 e. The van der Waals surface area contributed by atoms with Crippen LogP contribution in [0.25, 0.3) is 0 Å². The van der Waals surface area contributed by atoms with Gasteiger partial charge in [-0.15, -0.1) is 9.24 Å². The predicted octanol–water partition coefficient (Wildman–Crippen LogP) is 1.34. The van der Waals surface area contributed by atoms with Crippen LogP contribution < -0.4 is 10.0 Å². The van der Waals surface area contributed by atoms with E-state index in [-0.39, 0.29) is 0 Å². The molecule has 0 aromatic heterocycles. The normalized spacial score (nSPS) is 11.7. The molecular weight excluding hydrogens is 217 g/mol. The number of rotatable bonds is 3. The van der Waals surface area contributed by atoms with Crippen molar-refractivity contribution in [2.45, 2.75) is 19.1 Å². The molecule has 1 unspecified atom stereocenters.